The van der Waals surface area contributed by atoms with Crippen molar-refractivity contribution in [1.29, 1.82) is 0 Å². The molecule has 0 atom stereocenters. The summed E-state index contributed by atoms with van der Waals surface area (Å²) in [5.41, 5.74) is 4.12. The number of ether oxygens (including phenoxy) is 1. The smallest absolute Gasteiger partial charge is 0.227 e. The number of nitrogens with zero attached hydrogens (tertiary/aromatic N) is 2. The molecule has 144 valence electrons. The highest BCUT2D eigenvalue weighted by Gasteiger charge is 2.24. The molecule has 1 aliphatic heterocycles. The molecule has 1 N–H and O–H groups in total. The molecule has 0 bridgehead atoms. The highest BCUT2D eigenvalue weighted by Crippen LogP contribution is 2.23. The van der Waals surface area contributed by atoms with Gasteiger partial charge in [-0.3, -0.25) is 9.59 Å². The average Bonchev–Trinajstić information content (AvgIpc) is 3.17. The lowest BCUT2D eigenvalue weighted by Gasteiger charge is -2.35. The van der Waals surface area contributed by atoms with Crippen LogP contribution in [-0.4, -0.2) is 59.9 Å². The van der Waals surface area contributed by atoms with Gasteiger partial charge in [-0.05, 0) is 48.2 Å². The minimum absolute atomic E-state index is 0.111. The predicted octanol–water partition coefficient (Wildman–Crippen LogP) is 2.10. The Balaban J connectivity index is 1.54. The standard InChI is InChI=1S/C21H27N3O3/c1-15-11-19(27-3)16(2)10-18(15)13-21(26)24-8-6-23(7-9-24)20(25)12-17-4-5-22-14-17/h4-5,10-11,14,22H,6-9,12-13H2,1-3H3. The molecule has 1 aromatic carbocycles. The van der Waals surface area contributed by atoms with Crippen molar-refractivity contribution < 1.29 is 14.3 Å². The van der Waals surface area contributed by atoms with Crippen molar-refractivity contribution in [2.45, 2.75) is 26.7 Å². The van der Waals surface area contributed by atoms with E-state index in [1.807, 2.05) is 54.2 Å². The molecule has 1 fully saturated rings. The van der Waals surface area contributed by atoms with E-state index in [2.05, 4.69) is 4.98 Å². The van der Waals surface area contributed by atoms with Crippen LogP contribution in [0.3, 0.4) is 0 Å². The summed E-state index contributed by atoms with van der Waals surface area (Å²) in [6.07, 6.45) is 4.45. The number of rotatable bonds is 5. The first kappa shape index (κ1) is 19.0. The van der Waals surface area contributed by atoms with Gasteiger partial charge in [0.15, 0.2) is 0 Å². The van der Waals surface area contributed by atoms with Crippen LogP contribution in [0.4, 0.5) is 0 Å². The fraction of sp³-hybridized carbons (Fsp3) is 0.429. The van der Waals surface area contributed by atoms with E-state index >= 15 is 0 Å². The van der Waals surface area contributed by atoms with Gasteiger partial charge in [0, 0.05) is 38.6 Å². The van der Waals surface area contributed by atoms with Gasteiger partial charge in [-0.15, -0.1) is 0 Å². The van der Waals surface area contributed by atoms with E-state index in [0.717, 1.165) is 28.0 Å². The van der Waals surface area contributed by atoms with Crippen molar-refractivity contribution in [2.24, 2.45) is 0 Å². The van der Waals surface area contributed by atoms with Crippen LogP contribution < -0.4 is 4.74 Å². The molecule has 1 aliphatic rings. The fourth-order valence-corrected chi connectivity index (χ4v) is 3.49. The van der Waals surface area contributed by atoms with Crippen LogP contribution in [0.5, 0.6) is 5.75 Å². The van der Waals surface area contributed by atoms with Gasteiger partial charge in [-0.1, -0.05) is 6.07 Å². The Morgan fingerprint density at radius 1 is 1.00 bits per heavy atom. The van der Waals surface area contributed by atoms with Gasteiger partial charge in [0.25, 0.3) is 0 Å². The van der Waals surface area contributed by atoms with Crippen LogP contribution in [0.1, 0.15) is 22.3 Å². The SMILES string of the molecule is COc1cc(C)c(CC(=O)N2CCN(C(=O)Cc3cc[nH]c3)CC2)cc1C. The minimum atomic E-state index is 0.111. The van der Waals surface area contributed by atoms with Gasteiger partial charge in [0.05, 0.1) is 20.0 Å². The maximum Gasteiger partial charge on any atom is 0.227 e. The molecule has 2 amide bonds. The van der Waals surface area contributed by atoms with Crippen LogP contribution in [-0.2, 0) is 22.4 Å². The number of carbonyl (C=O) groups is 2. The van der Waals surface area contributed by atoms with Gasteiger partial charge in [-0.2, -0.15) is 0 Å². The van der Waals surface area contributed by atoms with E-state index in [1.54, 1.807) is 7.11 Å². The van der Waals surface area contributed by atoms with Crippen molar-refractivity contribution in [3.63, 3.8) is 0 Å². The summed E-state index contributed by atoms with van der Waals surface area (Å²) in [6, 6.07) is 5.93. The summed E-state index contributed by atoms with van der Waals surface area (Å²) in [7, 11) is 1.66. The number of benzene rings is 1. The molecule has 6 heteroatoms. The molecule has 27 heavy (non-hydrogen) atoms. The minimum Gasteiger partial charge on any atom is -0.496 e. The second-order valence-corrected chi connectivity index (χ2v) is 7.08. The first-order valence-electron chi connectivity index (χ1n) is 9.29. The van der Waals surface area contributed by atoms with E-state index in [0.29, 0.717) is 39.0 Å². The third-order valence-corrected chi connectivity index (χ3v) is 5.20. The second-order valence-electron chi connectivity index (χ2n) is 7.08. The molecule has 2 heterocycles. The largest absolute Gasteiger partial charge is 0.496 e. The zero-order valence-electron chi connectivity index (χ0n) is 16.2. The molecule has 0 saturated carbocycles. The third-order valence-electron chi connectivity index (χ3n) is 5.20. The quantitative estimate of drug-likeness (QED) is 0.878. The number of carbonyl (C=O) groups excluding carboxylic acids is 2. The highest BCUT2D eigenvalue weighted by atomic mass is 16.5. The molecule has 3 rings (SSSR count). The average molecular weight is 369 g/mol. The van der Waals surface area contributed by atoms with Crippen molar-refractivity contribution in [3.8, 4) is 5.75 Å². The van der Waals surface area contributed by atoms with Gasteiger partial charge < -0.3 is 19.5 Å². The van der Waals surface area contributed by atoms with E-state index in [9.17, 15) is 9.59 Å². The summed E-state index contributed by atoms with van der Waals surface area (Å²) < 4.78 is 5.34. The predicted molar refractivity (Wildman–Crippen MR) is 104 cm³/mol. The number of hydrogen-bond donors (Lipinski definition) is 1. The number of aryl methyl sites for hydroxylation is 2. The summed E-state index contributed by atoms with van der Waals surface area (Å²) in [5, 5.41) is 0. The van der Waals surface area contributed by atoms with Crippen molar-refractivity contribution >= 4 is 11.8 Å². The summed E-state index contributed by atoms with van der Waals surface area (Å²) >= 11 is 0. The van der Waals surface area contributed by atoms with Crippen molar-refractivity contribution in [2.75, 3.05) is 33.3 Å². The maximum atomic E-state index is 12.7. The lowest BCUT2D eigenvalue weighted by atomic mass is 10.0. The Bertz CT molecular complexity index is 806. The second kappa shape index (κ2) is 8.29. The van der Waals surface area contributed by atoms with Crippen LogP contribution in [0.25, 0.3) is 0 Å². The van der Waals surface area contributed by atoms with Crippen LogP contribution in [0.2, 0.25) is 0 Å². The molecular formula is C21H27N3O3. The Morgan fingerprint density at radius 2 is 1.63 bits per heavy atom. The highest BCUT2D eigenvalue weighted by molar-refractivity contribution is 5.81. The molecule has 1 aromatic heterocycles. The van der Waals surface area contributed by atoms with Gasteiger partial charge in [0.2, 0.25) is 11.8 Å². The molecule has 0 spiro atoms. The molecule has 2 aromatic rings. The lowest BCUT2D eigenvalue weighted by molar-refractivity contribution is -0.138. The number of H-pyrrole nitrogens is 1. The molecule has 0 unspecified atom stereocenters. The third kappa shape index (κ3) is 4.51. The van der Waals surface area contributed by atoms with Gasteiger partial charge >= 0.3 is 0 Å². The van der Waals surface area contributed by atoms with Crippen LogP contribution in [0, 0.1) is 13.8 Å². The van der Waals surface area contributed by atoms with Crippen molar-refractivity contribution in [3.05, 3.63) is 52.8 Å². The normalized spacial score (nSPS) is 14.3. The topological polar surface area (TPSA) is 65.6 Å². The summed E-state index contributed by atoms with van der Waals surface area (Å²) in [6.45, 7) is 6.35. The zero-order chi connectivity index (χ0) is 19.4. The Kier molecular flexibility index (Phi) is 5.84. The number of amides is 2. The van der Waals surface area contributed by atoms with Gasteiger partial charge in [0.1, 0.15) is 5.75 Å². The lowest BCUT2D eigenvalue weighted by Crippen LogP contribution is -2.51. The number of piperazine rings is 1. The Morgan fingerprint density at radius 3 is 2.19 bits per heavy atom. The number of methoxy groups -OCH3 is 1. The van der Waals surface area contributed by atoms with E-state index in [4.69, 9.17) is 4.74 Å². The van der Waals surface area contributed by atoms with E-state index in [-0.39, 0.29) is 11.8 Å². The van der Waals surface area contributed by atoms with E-state index < -0.39 is 0 Å². The van der Waals surface area contributed by atoms with Gasteiger partial charge in [-0.25, -0.2) is 0 Å². The monoisotopic (exact) mass is 369 g/mol. The molecular weight excluding hydrogens is 342 g/mol. The molecule has 0 aliphatic carbocycles. The number of aromatic amines is 1. The summed E-state index contributed by atoms with van der Waals surface area (Å²) in [5.74, 6) is 1.07. The number of hydrogen-bond acceptors (Lipinski definition) is 3. The summed E-state index contributed by atoms with van der Waals surface area (Å²) in [4.78, 5) is 31.8. The zero-order valence-corrected chi connectivity index (χ0v) is 16.2. The Hall–Kier alpha value is -2.76. The van der Waals surface area contributed by atoms with E-state index in [1.165, 1.54) is 0 Å². The molecule has 0 radical (unpaired) electrons. The Labute approximate surface area is 160 Å². The van der Waals surface area contributed by atoms with Crippen LogP contribution in [0.15, 0.2) is 30.6 Å². The maximum absolute atomic E-state index is 12.7. The molecule has 1 saturated heterocycles. The first-order chi connectivity index (χ1) is 13.0. The van der Waals surface area contributed by atoms with Crippen LogP contribution >= 0.6 is 0 Å². The first-order valence-corrected chi connectivity index (χ1v) is 9.29. The fourth-order valence-electron chi connectivity index (χ4n) is 3.49. The number of aromatic nitrogens is 1. The number of nitrogens with one attached hydrogen (secondary N) is 1. The molecule has 6 nitrogen and oxygen atoms in total. The van der Waals surface area contributed by atoms with Crippen molar-refractivity contribution in [1.82, 2.24) is 14.8 Å².